The molecule has 18 heavy (non-hydrogen) atoms. The van der Waals surface area contributed by atoms with Crippen LogP contribution in [0.3, 0.4) is 0 Å². The fourth-order valence-electron chi connectivity index (χ4n) is 1.82. The summed E-state index contributed by atoms with van der Waals surface area (Å²) in [5, 5.41) is 3.36. The number of rotatable bonds is 8. The summed E-state index contributed by atoms with van der Waals surface area (Å²) in [5.41, 5.74) is 1.29. The van der Waals surface area contributed by atoms with Gasteiger partial charge in [0.25, 0.3) is 0 Å². The van der Waals surface area contributed by atoms with Crippen LogP contribution < -0.4 is 5.32 Å². The number of methoxy groups -OCH3 is 1. The molecule has 1 aromatic rings. The van der Waals surface area contributed by atoms with Gasteiger partial charge in [-0.05, 0) is 18.4 Å². The van der Waals surface area contributed by atoms with Crippen LogP contribution in [0.4, 0.5) is 0 Å². The van der Waals surface area contributed by atoms with Crippen LogP contribution in [0.2, 0.25) is 0 Å². The first kappa shape index (κ1) is 14.5. The Morgan fingerprint density at radius 3 is 2.78 bits per heavy atom. The Bertz CT molecular complexity index is 362. The first-order chi connectivity index (χ1) is 8.76. The van der Waals surface area contributed by atoms with Crippen LogP contribution >= 0.6 is 0 Å². The summed E-state index contributed by atoms with van der Waals surface area (Å²) in [6.45, 7) is 4.41. The van der Waals surface area contributed by atoms with Crippen molar-refractivity contribution in [3.8, 4) is 0 Å². The van der Waals surface area contributed by atoms with Crippen LogP contribution in [0.1, 0.15) is 18.4 Å². The Kier molecular flexibility index (Phi) is 6.81. The minimum atomic E-state index is -0.181. The molecule has 0 saturated carbocycles. The summed E-state index contributed by atoms with van der Waals surface area (Å²) < 4.78 is 4.61. The Morgan fingerprint density at radius 2 is 2.17 bits per heavy atom. The van der Waals surface area contributed by atoms with E-state index in [4.69, 9.17) is 0 Å². The Balaban J connectivity index is 2.40. The lowest BCUT2D eigenvalue weighted by atomic mass is 10.0. The second-order valence-corrected chi connectivity index (χ2v) is 4.19. The van der Waals surface area contributed by atoms with Gasteiger partial charge in [0.1, 0.15) is 0 Å². The second kappa shape index (κ2) is 8.48. The number of carbonyl (C=O) groups is 1. The molecule has 1 atom stereocenters. The van der Waals surface area contributed by atoms with E-state index in [0.717, 1.165) is 12.8 Å². The van der Waals surface area contributed by atoms with Gasteiger partial charge in [0.05, 0.1) is 13.5 Å². The van der Waals surface area contributed by atoms with Crippen molar-refractivity contribution < 1.29 is 9.53 Å². The van der Waals surface area contributed by atoms with Gasteiger partial charge >= 0.3 is 5.97 Å². The summed E-state index contributed by atoms with van der Waals surface area (Å²) in [6.07, 6.45) is 4.13. The van der Waals surface area contributed by atoms with Crippen LogP contribution in [0.15, 0.2) is 43.0 Å². The third kappa shape index (κ3) is 5.64. The minimum Gasteiger partial charge on any atom is -0.469 e. The molecule has 0 aromatic heterocycles. The standard InChI is InChI=1S/C15H21NO2/c1-3-7-14(16-11-10-15(17)18-2)12-13-8-5-4-6-9-13/h3-6,8-9,14,16H,1,7,10-12H2,2H3/t14-/m0/s1. The molecule has 98 valence electrons. The predicted octanol–water partition coefficient (Wildman–Crippen LogP) is 2.33. The zero-order valence-electron chi connectivity index (χ0n) is 10.9. The van der Waals surface area contributed by atoms with Gasteiger partial charge in [-0.15, -0.1) is 6.58 Å². The predicted molar refractivity (Wildman–Crippen MR) is 73.4 cm³/mol. The van der Waals surface area contributed by atoms with Crippen molar-refractivity contribution in [2.45, 2.75) is 25.3 Å². The van der Waals surface area contributed by atoms with Gasteiger partial charge < -0.3 is 10.1 Å². The molecule has 3 nitrogen and oxygen atoms in total. The van der Waals surface area contributed by atoms with Gasteiger partial charge in [-0.2, -0.15) is 0 Å². The molecule has 0 saturated heterocycles. The third-order valence-electron chi connectivity index (χ3n) is 2.77. The highest BCUT2D eigenvalue weighted by Gasteiger charge is 2.08. The number of esters is 1. The van der Waals surface area contributed by atoms with Gasteiger partial charge in [-0.1, -0.05) is 36.4 Å². The van der Waals surface area contributed by atoms with Crippen molar-refractivity contribution >= 4 is 5.97 Å². The van der Waals surface area contributed by atoms with E-state index < -0.39 is 0 Å². The van der Waals surface area contributed by atoms with E-state index >= 15 is 0 Å². The quantitative estimate of drug-likeness (QED) is 0.566. The minimum absolute atomic E-state index is 0.181. The summed E-state index contributed by atoms with van der Waals surface area (Å²) in [4.78, 5) is 11.0. The monoisotopic (exact) mass is 247 g/mol. The van der Waals surface area contributed by atoms with E-state index in [2.05, 4.69) is 28.8 Å². The molecule has 0 aliphatic rings. The summed E-state index contributed by atoms with van der Waals surface area (Å²) >= 11 is 0. The molecule has 0 radical (unpaired) electrons. The van der Waals surface area contributed by atoms with E-state index in [-0.39, 0.29) is 5.97 Å². The van der Waals surface area contributed by atoms with Gasteiger partial charge in [0.2, 0.25) is 0 Å². The smallest absolute Gasteiger partial charge is 0.306 e. The fourth-order valence-corrected chi connectivity index (χ4v) is 1.82. The average Bonchev–Trinajstić information content (AvgIpc) is 2.40. The first-order valence-electron chi connectivity index (χ1n) is 6.21. The van der Waals surface area contributed by atoms with E-state index in [1.807, 2.05) is 24.3 Å². The van der Waals surface area contributed by atoms with Gasteiger partial charge in [-0.25, -0.2) is 0 Å². The number of ether oxygens (including phenoxy) is 1. The highest BCUT2D eigenvalue weighted by molar-refractivity contribution is 5.69. The number of benzene rings is 1. The molecule has 0 fully saturated rings. The maximum atomic E-state index is 11.0. The number of hydrogen-bond donors (Lipinski definition) is 1. The zero-order valence-corrected chi connectivity index (χ0v) is 10.9. The van der Waals surface area contributed by atoms with Crippen LogP contribution in [0, 0.1) is 0 Å². The molecule has 0 aliphatic heterocycles. The summed E-state index contributed by atoms with van der Waals surface area (Å²) in [5.74, 6) is -0.181. The molecule has 0 unspecified atom stereocenters. The largest absolute Gasteiger partial charge is 0.469 e. The molecule has 1 rings (SSSR count). The van der Waals surface area contributed by atoms with Gasteiger partial charge in [0, 0.05) is 12.6 Å². The van der Waals surface area contributed by atoms with Crippen molar-refractivity contribution in [3.05, 3.63) is 48.6 Å². The van der Waals surface area contributed by atoms with Crippen LogP contribution in [0.25, 0.3) is 0 Å². The summed E-state index contributed by atoms with van der Waals surface area (Å²) in [6, 6.07) is 10.6. The van der Waals surface area contributed by atoms with Crippen molar-refractivity contribution in [2.24, 2.45) is 0 Å². The number of hydrogen-bond acceptors (Lipinski definition) is 3. The van der Waals surface area contributed by atoms with E-state index in [1.165, 1.54) is 12.7 Å². The average molecular weight is 247 g/mol. The molecule has 0 amide bonds. The lowest BCUT2D eigenvalue weighted by Crippen LogP contribution is -2.32. The molecule has 0 bridgehead atoms. The molecule has 1 N–H and O–H groups in total. The Morgan fingerprint density at radius 1 is 1.44 bits per heavy atom. The van der Waals surface area contributed by atoms with E-state index in [1.54, 1.807) is 0 Å². The van der Waals surface area contributed by atoms with Crippen molar-refractivity contribution in [1.29, 1.82) is 0 Å². The van der Waals surface area contributed by atoms with Gasteiger partial charge in [-0.3, -0.25) is 4.79 Å². The lowest BCUT2D eigenvalue weighted by molar-refractivity contribution is -0.140. The number of nitrogens with one attached hydrogen (secondary N) is 1. The molecule has 0 aliphatic carbocycles. The first-order valence-corrected chi connectivity index (χ1v) is 6.21. The zero-order chi connectivity index (χ0) is 13.2. The van der Waals surface area contributed by atoms with Crippen LogP contribution in [-0.4, -0.2) is 25.7 Å². The Hall–Kier alpha value is -1.61. The van der Waals surface area contributed by atoms with E-state index in [9.17, 15) is 4.79 Å². The molecule has 0 heterocycles. The fraction of sp³-hybridized carbons (Fsp3) is 0.400. The molecule has 1 aromatic carbocycles. The topological polar surface area (TPSA) is 38.3 Å². The molecular formula is C15H21NO2. The molecule has 0 spiro atoms. The van der Waals surface area contributed by atoms with Crippen molar-refractivity contribution in [1.82, 2.24) is 5.32 Å². The second-order valence-electron chi connectivity index (χ2n) is 4.19. The maximum absolute atomic E-state index is 11.0. The van der Waals surface area contributed by atoms with Crippen LogP contribution in [0.5, 0.6) is 0 Å². The maximum Gasteiger partial charge on any atom is 0.306 e. The van der Waals surface area contributed by atoms with E-state index in [0.29, 0.717) is 19.0 Å². The van der Waals surface area contributed by atoms with Crippen LogP contribution in [-0.2, 0) is 16.0 Å². The highest BCUT2D eigenvalue weighted by atomic mass is 16.5. The normalized spacial score (nSPS) is 11.8. The third-order valence-corrected chi connectivity index (χ3v) is 2.77. The summed E-state index contributed by atoms with van der Waals surface area (Å²) in [7, 11) is 1.41. The van der Waals surface area contributed by atoms with Gasteiger partial charge in [0.15, 0.2) is 0 Å². The van der Waals surface area contributed by atoms with Crippen molar-refractivity contribution in [3.63, 3.8) is 0 Å². The SMILES string of the molecule is C=CC[C@@H](Cc1ccccc1)NCCC(=O)OC. The Labute approximate surface area is 109 Å². The lowest BCUT2D eigenvalue weighted by Gasteiger charge is -2.17. The molecular weight excluding hydrogens is 226 g/mol. The number of carbonyl (C=O) groups excluding carboxylic acids is 1. The highest BCUT2D eigenvalue weighted by Crippen LogP contribution is 2.06. The van der Waals surface area contributed by atoms with Crippen molar-refractivity contribution in [2.75, 3.05) is 13.7 Å². The molecule has 3 heteroatoms.